The molecule has 3 aromatic rings. The van der Waals surface area contributed by atoms with Crippen LogP contribution in [0.25, 0.3) is 11.0 Å². The number of hydrogen-bond donors (Lipinski definition) is 1. The number of piperidine rings is 1. The summed E-state index contributed by atoms with van der Waals surface area (Å²) in [5.41, 5.74) is 1.07. The van der Waals surface area contributed by atoms with Crippen molar-refractivity contribution in [3.63, 3.8) is 0 Å². The number of fused-ring (bicyclic) bond motifs is 1. The number of rotatable bonds is 7. The van der Waals surface area contributed by atoms with Crippen LogP contribution in [0.3, 0.4) is 0 Å². The first-order chi connectivity index (χ1) is 16.0. The first-order valence-corrected chi connectivity index (χ1v) is 11.4. The topological polar surface area (TPSA) is 89.2 Å². The zero-order valence-electron chi connectivity index (χ0n) is 19.0. The van der Waals surface area contributed by atoms with E-state index in [1.165, 1.54) is 18.8 Å². The van der Waals surface area contributed by atoms with Crippen molar-refractivity contribution in [1.82, 2.24) is 4.90 Å². The average Bonchev–Trinajstić information content (AvgIpc) is 2.82. The van der Waals surface area contributed by atoms with Gasteiger partial charge in [0.05, 0.1) is 23.1 Å². The fourth-order valence-corrected chi connectivity index (χ4v) is 4.11. The van der Waals surface area contributed by atoms with Crippen molar-refractivity contribution >= 4 is 16.9 Å². The summed E-state index contributed by atoms with van der Waals surface area (Å²) in [6.45, 7) is 5.94. The number of ether oxygens (including phenoxy) is 2. The third-order valence-electron chi connectivity index (χ3n) is 6.04. The van der Waals surface area contributed by atoms with Crippen LogP contribution in [0.4, 0.5) is 0 Å². The molecule has 33 heavy (non-hydrogen) atoms. The molecule has 1 unspecified atom stereocenters. The molecule has 1 aliphatic rings. The molecule has 0 saturated carbocycles. The van der Waals surface area contributed by atoms with Crippen molar-refractivity contribution in [2.75, 3.05) is 13.2 Å². The van der Waals surface area contributed by atoms with E-state index >= 15 is 0 Å². The number of likely N-dealkylation sites (tertiary alicyclic amines) is 1. The van der Waals surface area contributed by atoms with Crippen LogP contribution in [-0.4, -0.2) is 35.2 Å². The Morgan fingerprint density at radius 1 is 1.18 bits per heavy atom. The standard InChI is InChI=1S/C26H29NO6/c1-3-14-31-26(30)18-7-9-19(10-8-18)33-23-16-32-25-20(24(23)29)11-12-22(28)21(25)15-27-13-5-4-6-17(27)2/h7-12,16-17,28H,3-6,13-15H2,1-2H3. The highest BCUT2D eigenvalue weighted by Gasteiger charge is 2.22. The van der Waals surface area contributed by atoms with Gasteiger partial charge in [-0.05, 0) is 69.1 Å². The summed E-state index contributed by atoms with van der Waals surface area (Å²) in [5, 5.41) is 10.8. The molecule has 1 fully saturated rings. The lowest BCUT2D eigenvalue weighted by atomic mass is 10.0. The van der Waals surface area contributed by atoms with Gasteiger partial charge in [-0.15, -0.1) is 0 Å². The van der Waals surface area contributed by atoms with Crippen molar-refractivity contribution in [2.45, 2.75) is 52.1 Å². The minimum Gasteiger partial charge on any atom is -0.507 e. The Hall–Kier alpha value is -3.32. The number of carbonyl (C=O) groups is 1. The maximum atomic E-state index is 13.1. The van der Waals surface area contributed by atoms with Gasteiger partial charge in [-0.2, -0.15) is 0 Å². The number of nitrogens with zero attached hydrogens (tertiary/aromatic N) is 1. The number of phenols is 1. The minimum atomic E-state index is -0.399. The Balaban J connectivity index is 1.58. The molecule has 7 heteroatoms. The summed E-state index contributed by atoms with van der Waals surface area (Å²) >= 11 is 0. The molecular weight excluding hydrogens is 422 g/mol. The van der Waals surface area contributed by atoms with Crippen LogP contribution in [-0.2, 0) is 11.3 Å². The highest BCUT2D eigenvalue weighted by Crippen LogP contribution is 2.31. The molecule has 0 bridgehead atoms. The van der Waals surface area contributed by atoms with E-state index in [4.69, 9.17) is 13.9 Å². The number of aromatic hydroxyl groups is 1. The predicted molar refractivity (Wildman–Crippen MR) is 125 cm³/mol. The molecule has 1 aromatic heterocycles. The van der Waals surface area contributed by atoms with Crippen LogP contribution in [0.5, 0.6) is 17.2 Å². The van der Waals surface area contributed by atoms with E-state index in [2.05, 4.69) is 11.8 Å². The van der Waals surface area contributed by atoms with Gasteiger partial charge < -0.3 is 19.0 Å². The second-order valence-corrected chi connectivity index (χ2v) is 8.45. The van der Waals surface area contributed by atoms with Gasteiger partial charge in [0.2, 0.25) is 11.2 Å². The average molecular weight is 452 g/mol. The summed E-state index contributed by atoms with van der Waals surface area (Å²) in [6.07, 6.45) is 5.46. The summed E-state index contributed by atoms with van der Waals surface area (Å²) in [7, 11) is 0. The molecule has 2 aromatic carbocycles. The van der Waals surface area contributed by atoms with Crippen LogP contribution in [0, 0.1) is 0 Å². The van der Waals surface area contributed by atoms with E-state index in [1.807, 2.05) is 6.92 Å². The van der Waals surface area contributed by atoms with Crippen LogP contribution in [0.2, 0.25) is 0 Å². The largest absolute Gasteiger partial charge is 0.507 e. The monoisotopic (exact) mass is 451 g/mol. The quantitative estimate of drug-likeness (QED) is 0.492. The second-order valence-electron chi connectivity index (χ2n) is 8.45. The lowest BCUT2D eigenvalue weighted by Gasteiger charge is -2.33. The summed E-state index contributed by atoms with van der Waals surface area (Å²) in [6, 6.07) is 9.88. The van der Waals surface area contributed by atoms with Crippen LogP contribution in [0.15, 0.2) is 51.9 Å². The van der Waals surface area contributed by atoms with Crippen molar-refractivity contribution < 1.29 is 23.8 Å². The van der Waals surface area contributed by atoms with E-state index in [1.54, 1.807) is 30.3 Å². The third-order valence-corrected chi connectivity index (χ3v) is 6.04. The van der Waals surface area contributed by atoms with Gasteiger partial charge in [0, 0.05) is 12.6 Å². The first-order valence-electron chi connectivity index (χ1n) is 11.4. The Bertz CT molecular complexity index is 1180. The number of hydrogen-bond acceptors (Lipinski definition) is 7. The van der Waals surface area contributed by atoms with Crippen molar-refractivity contribution in [3.8, 4) is 17.2 Å². The molecule has 1 N–H and O–H groups in total. The Morgan fingerprint density at radius 2 is 1.97 bits per heavy atom. The van der Waals surface area contributed by atoms with Gasteiger partial charge in [0.1, 0.15) is 23.3 Å². The van der Waals surface area contributed by atoms with E-state index in [-0.39, 0.29) is 16.9 Å². The molecule has 1 atom stereocenters. The fourth-order valence-electron chi connectivity index (χ4n) is 4.11. The van der Waals surface area contributed by atoms with Gasteiger partial charge >= 0.3 is 5.97 Å². The molecule has 2 heterocycles. The maximum Gasteiger partial charge on any atom is 0.338 e. The van der Waals surface area contributed by atoms with E-state index in [9.17, 15) is 14.7 Å². The smallest absolute Gasteiger partial charge is 0.338 e. The van der Waals surface area contributed by atoms with Crippen molar-refractivity contribution in [2.24, 2.45) is 0 Å². The number of carbonyl (C=O) groups excluding carboxylic acids is 1. The van der Waals surface area contributed by atoms with Crippen LogP contribution >= 0.6 is 0 Å². The van der Waals surface area contributed by atoms with Crippen LogP contribution < -0.4 is 10.2 Å². The lowest BCUT2D eigenvalue weighted by Crippen LogP contribution is -2.36. The summed E-state index contributed by atoms with van der Waals surface area (Å²) in [4.78, 5) is 27.3. The molecule has 0 aliphatic carbocycles. The van der Waals surface area contributed by atoms with Gasteiger partial charge in [0.25, 0.3) is 0 Å². The van der Waals surface area contributed by atoms with E-state index in [0.717, 1.165) is 25.8 Å². The molecule has 1 saturated heterocycles. The van der Waals surface area contributed by atoms with Gasteiger partial charge in [-0.25, -0.2) is 4.79 Å². The second kappa shape index (κ2) is 10.1. The van der Waals surface area contributed by atoms with Gasteiger partial charge in [-0.1, -0.05) is 13.3 Å². The highest BCUT2D eigenvalue weighted by molar-refractivity contribution is 5.89. The van der Waals surface area contributed by atoms with Gasteiger partial charge in [0.15, 0.2) is 0 Å². The SMILES string of the molecule is CCCOC(=O)c1ccc(Oc2coc3c(CN4CCCCC4C)c(O)ccc3c2=O)cc1. The Kier molecular flexibility index (Phi) is 6.99. The predicted octanol–water partition coefficient (Wildman–Crippen LogP) is 5.23. The maximum absolute atomic E-state index is 13.1. The molecule has 7 nitrogen and oxygen atoms in total. The molecule has 0 amide bonds. The van der Waals surface area contributed by atoms with Crippen molar-refractivity contribution in [3.05, 3.63) is 64.0 Å². The normalized spacial score (nSPS) is 16.6. The van der Waals surface area contributed by atoms with Crippen molar-refractivity contribution in [1.29, 1.82) is 0 Å². The van der Waals surface area contributed by atoms with E-state index < -0.39 is 5.97 Å². The zero-order valence-corrected chi connectivity index (χ0v) is 19.0. The molecule has 4 rings (SSSR count). The Morgan fingerprint density at radius 3 is 2.70 bits per heavy atom. The van der Waals surface area contributed by atoms with E-state index in [0.29, 0.717) is 47.0 Å². The zero-order chi connectivity index (χ0) is 23.4. The summed E-state index contributed by atoms with van der Waals surface area (Å²) in [5.74, 6) is 0.147. The number of benzene rings is 2. The summed E-state index contributed by atoms with van der Waals surface area (Å²) < 4.78 is 16.7. The lowest BCUT2D eigenvalue weighted by molar-refractivity contribution is 0.0505. The molecular formula is C26H29NO6. The van der Waals surface area contributed by atoms with Crippen LogP contribution in [0.1, 0.15) is 55.5 Å². The Labute approximate surface area is 192 Å². The molecule has 0 spiro atoms. The third kappa shape index (κ3) is 5.03. The molecule has 0 radical (unpaired) electrons. The molecule has 174 valence electrons. The fraction of sp³-hybridized carbons (Fsp3) is 0.385. The minimum absolute atomic E-state index is 0.0341. The van der Waals surface area contributed by atoms with Gasteiger partial charge in [-0.3, -0.25) is 9.69 Å². The molecule has 1 aliphatic heterocycles. The first kappa shape index (κ1) is 22.9. The number of esters is 1. The number of phenolic OH excluding ortho intramolecular Hbond substituents is 1. The highest BCUT2D eigenvalue weighted by atomic mass is 16.5.